The smallest absolute Gasteiger partial charge is 0.248 e. The van der Waals surface area contributed by atoms with Crippen molar-refractivity contribution in [2.45, 2.75) is 20.5 Å². The quantitative estimate of drug-likeness (QED) is 0.319. The lowest BCUT2D eigenvalue weighted by Crippen LogP contribution is -2.08. The van der Waals surface area contributed by atoms with Crippen molar-refractivity contribution in [3.05, 3.63) is 114 Å². The Hall–Kier alpha value is -4.45. The molecule has 0 unspecified atom stereocenters. The minimum absolute atomic E-state index is 0.218. The average molecular weight is 451 g/mol. The van der Waals surface area contributed by atoms with Crippen molar-refractivity contribution in [3.63, 3.8) is 0 Å². The van der Waals surface area contributed by atoms with Gasteiger partial charge in [0.2, 0.25) is 11.9 Å². The highest BCUT2D eigenvalue weighted by molar-refractivity contribution is 6.02. The Morgan fingerprint density at radius 3 is 2.29 bits per heavy atom. The molecule has 0 radical (unpaired) electrons. The number of anilines is 3. The number of nitrogens with zero attached hydrogens (tertiary/aromatic N) is 2. The van der Waals surface area contributed by atoms with E-state index in [0.29, 0.717) is 18.2 Å². The number of amides is 1. The lowest BCUT2D eigenvalue weighted by Gasteiger charge is -2.09. The van der Waals surface area contributed by atoms with E-state index in [1.165, 1.54) is 6.08 Å². The molecule has 1 amide bonds. The van der Waals surface area contributed by atoms with Crippen molar-refractivity contribution in [2.24, 2.45) is 0 Å². The van der Waals surface area contributed by atoms with Crippen LogP contribution in [0.25, 0.3) is 6.08 Å². The fourth-order valence-electron chi connectivity index (χ4n) is 3.36. The van der Waals surface area contributed by atoms with Gasteiger partial charge < -0.3 is 15.4 Å². The van der Waals surface area contributed by atoms with Crippen molar-refractivity contribution in [1.29, 1.82) is 0 Å². The summed E-state index contributed by atoms with van der Waals surface area (Å²) in [4.78, 5) is 21.2. The number of aryl methyl sites for hydroxylation is 2. The van der Waals surface area contributed by atoms with Crippen LogP contribution in [-0.4, -0.2) is 15.9 Å². The van der Waals surface area contributed by atoms with E-state index in [1.54, 1.807) is 6.08 Å². The third-order valence-corrected chi connectivity index (χ3v) is 4.92. The molecule has 4 rings (SSSR count). The Kier molecular flexibility index (Phi) is 7.30. The number of ether oxygens (including phenoxy) is 1. The number of carbonyl (C=O) groups is 1. The third-order valence-electron chi connectivity index (χ3n) is 4.92. The predicted molar refractivity (Wildman–Crippen MR) is 136 cm³/mol. The molecule has 0 fully saturated rings. The van der Waals surface area contributed by atoms with Gasteiger partial charge in [0.15, 0.2) is 0 Å². The fraction of sp³-hybridized carbons (Fsp3) is 0.107. The first-order chi connectivity index (χ1) is 16.5. The Morgan fingerprint density at radius 1 is 0.853 bits per heavy atom. The largest absolute Gasteiger partial charge is 0.489 e. The van der Waals surface area contributed by atoms with E-state index in [-0.39, 0.29) is 5.91 Å². The summed E-state index contributed by atoms with van der Waals surface area (Å²) in [5.41, 5.74) is 5.26. The zero-order valence-electron chi connectivity index (χ0n) is 19.2. The summed E-state index contributed by atoms with van der Waals surface area (Å²) in [6.45, 7) is 4.37. The van der Waals surface area contributed by atoms with E-state index >= 15 is 0 Å². The lowest BCUT2D eigenvalue weighted by molar-refractivity contribution is -0.111. The molecule has 6 nitrogen and oxygen atoms in total. The molecule has 0 aliphatic heterocycles. The molecule has 0 saturated carbocycles. The highest BCUT2D eigenvalue weighted by atomic mass is 16.5. The van der Waals surface area contributed by atoms with E-state index in [0.717, 1.165) is 34.0 Å². The monoisotopic (exact) mass is 450 g/mol. The van der Waals surface area contributed by atoms with E-state index in [9.17, 15) is 4.79 Å². The zero-order chi connectivity index (χ0) is 23.8. The van der Waals surface area contributed by atoms with Gasteiger partial charge in [-0.2, -0.15) is 0 Å². The Balaban J connectivity index is 1.31. The van der Waals surface area contributed by atoms with Gasteiger partial charge in [-0.15, -0.1) is 0 Å². The lowest BCUT2D eigenvalue weighted by atomic mass is 10.2. The SMILES string of the molecule is Cc1cc(C)nc(Nc2cccc(NC(=O)/C=C/c3ccc(OCc4ccccc4)cc3)c2)n1. The number of aromatic nitrogens is 2. The molecule has 3 aromatic carbocycles. The van der Waals surface area contributed by atoms with Crippen LogP contribution in [0.3, 0.4) is 0 Å². The van der Waals surface area contributed by atoms with Crippen molar-refractivity contribution >= 4 is 29.3 Å². The van der Waals surface area contributed by atoms with Crippen LogP contribution in [0.2, 0.25) is 0 Å². The molecule has 2 N–H and O–H groups in total. The van der Waals surface area contributed by atoms with Crippen LogP contribution in [0, 0.1) is 13.8 Å². The molecule has 0 spiro atoms. The van der Waals surface area contributed by atoms with Gasteiger partial charge in [0, 0.05) is 28.8 Å². The summed E-state index contributed by atoms with van der Waals surface area (Å²) in [7, 11) is 0. The molecule has 170 valence electrons. The van der Waals surface area contributed by atoms with Crippen molar-refractivity contribution in [2.75, 3.05) is 10.6 Å². The number of nitrogens with one attached hydrogen (secondary N) is 2. The summed E-state index contributed by atoms with van der Waals surface area (Å²) < 4.78 is 5.80. The zero-order valence-corrected chi connectivity index (χ0v) is 19.2. The molecule has 0 bridgehead atoms. The van der Waals surface area contributed by atoms with Crippen LogP contribution >= 0.6 is 0 Å². The van der Waals surface area contributed by atoms with Gasteiger partial charge >= 0.3 is 0 Å². The van der Waals surface area contributed by atoms with Gasteiger partial charge in [0.1, 0.15) is 12.4 Å². The summed E-state index contributed by atoms with van der Waals surface area (Å²) in [5.74, 6) is 1.09. The maximum atomic E-state index is 12.4. The van der Waals surface area contributed by atoms with E-state index in [4.69, 9.17) is 4.74 Å². The van der Waals surface area contributed by atoms with E-state index in [1.807, 2.05) is 98.8 Å². The first-order valence-electron chi connectivity index (χ1n) is 11.0. The topological polar surface area (TPSA) is 76.1 Å². The second kappa shape index (κ2) is 10.9. The maximum absolute atomic E-state index is 12.4. The van der Waals surface area contributed by atoms with Gasteiger partial charge in [0.05, 0.1) is 0 Å². The average Bonchev–Trinajstić information content (AvgIpc) is 2.82. The standard InChI is InChI=1S/C28H26N4O2/c1-20-17-21(2)30-28(29-20)32-25-10-6-9-24(18-25)31-27(33)16-13-22-11-14-26(15-12-22)34-19-23-7-4-3-5-8-23/h3-18H,19H2,1-2H3,(H,31,33)(H,29,30,32)/b16-13+. The number of carbonyl (C=O) groups excluding carboxylic acids is 1. The number of hydrogen-bond donors (Lipinski definition) is 2. The molecule has 0 saturated heterocycles. The maximum Gasteiger partial charge on any atom is 0.248 e. The van der Waals surface area contributed by atoms with Crippen molar-refractivity contribution in [3.8, 4) is 5.75 Å². The molecular formula is C28H26N4O2. The highest BCUT2D eigenvalue weighted by Crippen LogP contribution is 2.19. The summed E-state index contributed by atoms with van der Waals surface area (Å²) in [5, 5.41) is 6.06. The second-order valence-electron chi connectivity index (χ2n) is 7.85. The van der Waals surface area contributed by atoms with Gasteiger partial charge in [-0.1, -0.05) is 48.5 Å². The molecule has 6 heteroatoms. The first-order valence-corrected chi connectivity index (χ1v) is 11.0. The molecule has 4 aromatic rings. The van der Waals surface area contributed by atoms with Gasteiger partial charge in [-0.05, 0) is 67.4 Å². The van der Waals surface area contributed by atoms with Crippen LogP contribution in [0.4, 0.5) is 17.3 Å². The third kappa shape index (κ3) is 6.77. The predicted octanol–water partition coefficient (Wildman–Crippen LogP) is 6.07. The van der Waals surface area contributed by atoms with Gasteiger partial charge in [-0.25, -0.2) is 9.97 Å². The van der Waals surface area contributed by atoms with Crippen molar-refractivity contribution < 1.29 is 9.53 Å². The molecular weight excluding hydrogens is 424 g/mol. The summed E-state index contributed by atoms with van der Waals surface area (Å²) in [6.07, 6.45) is 3.27. The second-order valence-corrected chi connectivity index (χ2v) is 7.85. The highest BCUT2D eigenvalue weighted by Gasteiger charge is 2.03. The van der Waals surface area contributed by atoms with Crippen LogP contribution in [0.5, 0.6) is 5.75 Å². The number of benzene rings is 3. The Morgan fingerprint density at radius 2 is 1.56 bits per heavy atom. The Labute approximate surface area is 199 Å². The molecule has 1 aromatic heterocycles. The molecule has 0 aliphatic carbocycles. The minimum atomic E-state index is -0.218. The first kappa shape index (κ1) is 22.7. The Bertz CT molecular complexity index is 1270. The number of rotatable bonds is 8. The minimum Gasteiger partial charge on any atom is -0.489 e. The normalized spacial score (nSPS) is 10.8. The van der Waals surface area contributed by atoms with E-state index < -0.39 is 0 Å². The van der Waals surface area contributed by atoms with Crippen LogP contribution < -0.4 is 15.4 Å². The van der Waals surface area contributed by atoms with Crippen LogP contribution in [0.15, 0.2) is 91.0 Å². The van der Waals surface area contributed by atoms with Crippen molar-refractivity contribution in [1.82, 2.24) is 9.97 Å². The van der Waals surface area contributed by atoms with Crippen LogP contribution in [-0.2, 0) is 11.4 Å². The van der Waals surface area contributed by atoms with Gasteiger partial charge in [-0.3, -0.25) is 4.79 Å². The van der Waals surface area contributed by atoms with Gasteiger partial charge in [0.25, 0.3) is 0 Å². The molecule has 0 atom stereocenters. The molecule has 1 heterocycles. The molecule has 0 aliphatic rings. The summed E-state index contributed by atoms with van der Waals surface area (Å²) >= 11 is 0. The molecule has 34 heavy (non-hydrogen) atoms. The number of hydrogen-bond acceptors (Lipinski definition) is 5. The van der Waals surface area contributed by atoms with Crippen LogP contribution in [0.1, 0.15) is 22.5 Å². The van der Waals surface area contributed by atoms with E-state index in [2.05, 4.69) is 20.6 Å². The fourth-order valence-corrected chi connectivity index (χ4v) is 3.36. The summed E-state index contributed by atoms with van der Waals surface area (Å²) in [6, 6.07) is 27.0.